The highest BCUT2D eigenvalue weighted by Gasteiger charge is 2.17. The minimum Gasteiger partial charge on any atom is -0.298 e. The Hall–Kier alpha value is -1.22. The lowest BCUT2D eigenvalue weighted by atomic mass is 10.1. The molecule has 1 aliphatic rings. The maximum atomic E-state index is 10.8. The number of ketones is 2. The predicted molar refractivity (Wildman–Crippen MR) is 38.1 cm³/mol. The molecule has 11 heavy (non-hydrogen) atoms. The number of rotatable bonds is 1. The van der Waals surface area contributed by atoms with Crippen LogP contribution >= 0.6 is 11.6 Å². The predicted octanol–water partition coefficient (Wildman–Crippen LogP) is 0.386. The summed E-state index contributed by atoms with van der Waals surface area (Å²) in [6, 6.07) is 0. The number of aldehydes is 1. The minimum atomic E-state index is -0.524. The quantitative estimate of drug-likeness (QED) is 0.325. The van der Waals surface area contributed by atoms with Gasteiger partial charge >= 0.3 is 0 Å². The molecule has 0 aromatic heterocycles. The van der Waals surface area contributed by atoms with E-state index in [0.29, 0.717) is 6.29 Å². The van der Waals surface area contributed by atoms with Crippen molar-refractivity contribution in [1.29, 1.82) is 0 Å². The molecule has 0 bridgehead atoms. The Morgan fingerprint density at radius 2 is 1.82 bits per heavy atom. The first-order valence-electron chi connectivity index (χ1n) is 2.78. The SMILES string of the molecule is O=CC1=CC(=O)C(Cl)=CC1=O. The summed E-state index contributed by atoms with van der Waals surface area (Å²) in [5, 5.41) is -0.152. The largest absolute Gasteiger partial charge is 0.298 e. The molecule has 0 spiro atoms. The van der Waals surface area contributed by atoms with Crippen LogP contribution in [0.25, 0.3) is 0 Å². The smallest absolute Gasteiger partial charge is 0.198 e. The van der Waals surface area contributed by atoms with Gasteiger partial charge in [-0.05, 0) is 0 Å². The van der Waals surface area contributed by atoms with Crippen molar-refractivity contribution < 1.29 is 14.4 Å². The van der Waals surface area contributed by atoms with Crippen molar-refractivity contribution in [1.82, 2.24) is 0 Å². The maximum absolute atomic E-state index is 10.8. The van der Waals surface area contributed by atoms with E-state index in [1.807, 2.05) is 0 Å². The summed E-state index contributed by atoms with van der Waals surface area (Å²) >= 11 is 5.31. The first kappa shape index (κ1) is 7.88. The van der Waals surface area contributed by atoms with Crippen LogP contribution in [0.4, 0.5) is 0 Å². The fourth-order valence-electron chi connectivity index (χ4n) is 0.643. The van der Waals surface area contributed by atoms with E-state index in [1.165, 1.54) is 0 Å². The third kappa shape index (κ3) is 1.43. The second kappa shape index (κ2) is 2.80. The number of carbonyl (C=O) groups is 3. The molecule has 3 nitrogen and oxygen atoms in total. The Morgan fingerprint density at radius 1 is 1.18 bits per heavy atom. The zero-order valence-corrected chi connectivity index (χ0v) is 6.09. The highest BCUT2D eigenvalue weighted by molar-refractivity contribution is 6.48. The first-order valence-corrected chi connectivity index (χ1v) is 3.15. The van der Waals surface area contributed by atoms with Gasteiger partial charge in [-0.1, -0.05) is 11.6 Å². The van der Waals surface area contributed by atoms with E-state index in [1.54, 1.807) is 0 Å². The van der Waals surface area contributed by atoms with Crippen LogP contribution < -0.4 is 0 Å². The molecule has 0 N–H and O–H groups in total. The summed E-state index contributed by atoms with van der Waals surface area (Å²) in [6.45, 7) is 0. The number of allylic oxidation sites excluding steroid dienone is 4. The van der Waals surface area contributed by atoms with Gasteiger partial charge < -0.3 is 0 Å². The molecule has 0 fully saturated rings. The van der Waals surface area contributed by atoms with Crippen LogP contribution in [0.3, 0.4) is 0 Å². The molecule has 56 valence electrons. The van der Waals surface area contributed by atoms with Crippen LogP contribution in [0.5, 0.6) is 0 Å². The third-order valence-electron chi connectivity index (χ3n) is 1.19. The molecule has 0 saturated carbocycles. The Morgan fingerprint density at radius 3 is 2.36 bits per heavy atom. The highest BCUT2D eigenvalue weighted by Crippen LogP contribution is 2.12. The van der Waals surface area contributed by atoms with E-state index in [0.717, 1.165) is 12.2 Å². The van der Waals surface area contributed by atoms with Crippen molar-refractivity contribution in [3.63, 3.8) is 0 Å². The molecule has 0 aliphatic heterocycles. The Bertz CT molecular complexity index is 299. The lowest BCUT2D eigenvalue weighted by Gasteiger charge is -2.00. The van der Waals surface area contributed by atoms with Crippen LogP contribution in [-0.4, -0.2) is 17.9 Å². The maximum Gasteiger partial charge on any atom is 0.198 e. The normalized spacial score (nSPS) is 17.5. The van der Waals surface area contributed by atoms with Crippen LogP contribution in [0.2, 0.25) is 0 Å². The number of hydrogen-bond acceptors (Lipinski definition) is 3. The Kier molecular flexibility index (Phi) is 2.01. The van der Waals surface area contributed by atoms with Gasteiger partial charge in [-0.3, -0.25) is 14.4 Å². The number of hydrogen-bond donors (Lipinski definition) is 0. The molecular weight excluding hydrogens is 168 g/mol. The monoisotopic (exact) mass is 170 g/mol. The van der Waals surface area contributed by atoms with Gasteiger partial charge in [0.25, 0.3) is 0 Å². The van der Waals surface area contributed by atoms with Gasteiger partial charge in [0.2, 0.25) is 0 Å². The van der Waals surface area contributed by atoms with E-state index in [2.05, 4.69) is 0 Å². The van der Waals surface area contributed by atoms with Crippen LogP contribution in [-0.2, 0) is 14.4 Å². The number of carbonyl (C=O) groups excluding carboxylic acids is 3. The molecule has 0 aromatic carbocycles. The fraction of sp³-hybridized carbons (Fsp3) is 0. The molecule has 0 saturated heterocycles. The molecule has 0 heterocycles. The first-order chi connectivity index (χ1) is 5.15. The zero-order chi connectivity index (χ0) is 8.43. The standard InChI is InChI=1S/C7H3ClO3/c8-5-2-6(10)4(3-9)1-7(5)11/h1-3H. The molecule has 0 amide bonds. The van der Waals surface area contributed by atoms with Crippen molar-refractivity contribution in [2.24, 2.45) is 0 Å². The number of halogens is 1. The van der Waals surface area contributed by atoms with Gasteiger partial charge in [0.1, 0.15) is 0 Å². The zero-order valence-electron chi connectivity index (χ0n) is 5.33. The van der Waals surface area contributed by atoms with Gasteiger partial charge in [0.05, 0.1) is 10.6 Å². The van der Waals surface area contributed by atoms with E-state index in [4.69, 9.17) is 11.6 Å². The molecule has 0 atom stereocenters. The van der Waals surface area contributed by atoms with Crippen molar-refractivity contribution in [3.05, 3.63) is 22.8 Å². The minimum absolute atomic E-state index is 0.152. The molecule has 0 radical (unpaired) electrons. The average molecular weight is 171 g/mol. The summed E-state index contributed by atoms with van der Waals surface area (Å²) in [5.74, 6) is -1.03. The lowest BCUT2D eigenvalue weighted by Crippen LogP contribution is -2.10. The molecule has 1 aliphatic carbocycles. The van der Waals surface area contributed by atoms with E-state index in [-0.39, 0.29) is 10.6 Å². The van der Waals surface area contributed by atoms with Gasteiger partial charge in [-0.25, -0.2) is 0 Å². The van der Waals surface area contributed by atoms with Crippen molar-refractivity contribution in [3.8, 4) is 0 Å². The Labute approximate surface area is 67.3 Å². The lowest BCUT2D eigenvalue weighted by molar-refractivity contribution is -0.116. The summed E-state index contributed by atoms with van der Waals surface area (Å²) in [5.41, 5.74) is -0.153. The summed E-state index contributed by atoms with van der Waals surface area (Å²) < 4.78 is 0. The Balaban J connectivity index is 3.07. The van der Waals surface area contributed by atoms with Crippen LogP contribution in [0, 0.1) is 0 Å². The average Bonchev–Trinajstić information content (AvgIpc) is 1.97. The van der Waals surface area contributed by atoms with Crippen LogP contribution in [0.15, 0.2) is 22.8 Å². The van der Waals surface area contributed by atoms with Gasteiger partial charge in [0.15, 0.2) is 17.9 Å². The summed E-state index contributed by atoms with van der Waals surface area (Å²) in [6.07, 6.45) is 2.20. The molecular formula is C7H3ClO3. The second-order valence-electron chi connectivity index (χ2n) is 1.94. The third-order valence-corrected chi connectivity index (χ3v) is 1.49. The van der Waals surface area contributed by atoms with Crippen molar-refractivity contribution in [2.75, 3.05) is 0 Å². The van der Waals surface area contributed by atoms with Crippen molar-refractivity contribution >= 4 is 29.5 Å². The second-order valence-corrected chi connectivity index (χ2v) is 2.35. The fourth-order valence-corrected chi connectivity index (χ4v) is 0.797. The van der Waals surface area contributed by atoms with E-state index >= 15 is 0 Å². The van der Waals surface area contributed by atoms with E-state index < -0.39 is 11.6 Å². The molecule has 0 unspecified atom stereocenters. The molecule has 1 rings (SSSR count). The van der Waals surface area contributed by atoms with Gasteiger partial charge in [-0.15, -0.1) is 0 Å². The van der Waals surface area contributed by atoms with Gasteiger partial charge in [-0.2, -0.15) is 0 Å². The summed E-state index contributed by atoms with van der Waals surface area (Å²) in [7, 11) is 0. The highest BCUT2D eigenvalue weighted by atomic mass is 35.5. The summed E-state index contributed by atoms with van der Waals surface area (Å²) in [4.78, 5) is 31.6. The van der Waals surface area contributed by atoms with E-state index in [9.17, 15) is 14.4 Å². The van der Waals surface area contributed by atoms with Gasteiger partial charge in [0, 0.05) is 12.2 Å². The topological polar surface area (TPSA) is 51.2 Å². The molecule has 0 aromatic rings. The van der Waals surface area contributed by atoms with Crippen molar-refractivity contribution in [2.45, 2.75) is 0 Å². The molecule has 4 heteroatoms. The van der Waals surface area contributed by atoms with Crippen LogP contribution in [0.1, 0.15) is 0 Å².